The van der Waals surface area contributed by atoms with E-state index in [9.17, 15) is 0 Å². The maximum absolute atomic E-state index is 6.25. The molecule has 2 fully saturated rings. The van der Waals surface area contributed by atoms with Crippen LogP contribution in [0, 0.1) is 23.7 Å². The van der Waals surface area contributed by atoms with Gasteiger partial charge in [0, 0.05) is 6.61 Å². The molecule has 0 N–H and O–H groups in total. The first kappa shape index (κ1) is 22.4. The number of unbranched alkanes of at least 4 members (excludes halogenated alkanes) is 3. The molecule has 5 atom stereocenters. The van der Waals surface area contributed by atoms with Crippen LogP contribution in [-0.2, 0) is 24.0 Å². The molecule has 0 amide bonds. The normalized spacial score (nSPS) is 31.2. The van der Waals surface area contributed by atoms with Gasteiger partial charge in [-0.05, 0) is 117 Å². The molecule has 4 rings (SSSR count). The van der Waals surface area contributed by atoms with Crippen LogP contribution in [0.25, 0.3) is 0 Å². The summed E-state index contributed by atoms with van der Waals surface area (Å²) in [6.45, 7) is 5.57. The maximum Gasteiger partial charge on any atom is 0.0578 e. The van der Waals surface area contributed by atoms with Crippen molar-refractivity contribution in [3.8, 4) is 0 Å². The van der Waals surface area contributed by atoms with Crippen LogP contribution in [-0.4, -0.2) is 12.7 Å². The molecule has 1 aromatic rings. The number of fused-ring (bicyclic) bond motifs is 2. The lowest BCUT2D eigenvalue weighted by atomic mass is 9.62. The van der Waals surface area contributed by atoms with E-state index in [0.29, 0.717) is 6.10 Å². The third-order valence-electron chi connectivity index (χ3n) is 8.73. The summed E-state index contributed by atoms with van der Waals surface area (Å²) in [6.07, 6.45) is 21.1. The summed E-state index contributed by atoms with van der Waals surface area (Å²) in [6, 6.07) is 7.45. The Bertz CT molecular complexity index is 650. The van der Waals surface area contributed by atoms with Gasteiger partial charge < -0.3 is 4.74 Å². The smallest absolute Gasteiger partial charge is 0.0578 e. The molecule has 0 bridgehead atoms. The van der Waals surface area contributed by atoms with Crippen molar-refractivity contribution < 1.29 is 4.74 Å². The van der Waals surface area contributed by atoms with Crippen LogP contribution in [0.15, 0.2) is 18.2 Å². The predicted molar refractivity (Wildman–Crippen MR) is 128 cm³/mol. The molecule has 2 saturated carbocycles. The molecule has 1 nitrogen and oxygen atoms in total. The van der Waals surface area contributed by atoms with Gasteiger partial charge in [-0.1, -0.05) is 51.3 Å². The molecule has 0 aromatic heterocycles. The Morgan fingerprint density at radius 3 is 2.37 bits per heavy atom. The Balaban J connectivity index is 1.26. The SMILES string of the molecule is CCCCCO[C@@H]1CC[C@@H]2CC(C3CCc4cc(CCCC)ccc4C3)CCC2C1. The molecule has 3 aliphatic carbocycles. The molecule has 0 saturated heterocycles. The van der Waals surface area contributed by atoms with Crippen LogP contribution in [0.1, 0.15) is 108 Å². The Labute approximate surface area is 186 Å². The largest absolute Gasteiger partial charge is 0.378 e. The summed E-state index contributed by atoms with van der Waals surface area (Å²) < 4.78 is 6.25. The van der Waals surface area contributed by atoms with Crippen molar-refractivity contribution in [1.82, 2.24) is 0 Å². The summed E-state index contributed by atoms with van der Waals surface area (Å²) >= 11 is 0. The third-order valence-corrected chi connectivity index (χ3v) is 8.73. The van der Waals surface area contributed by atoms with Gasteiger partial charge in [-0.3, -0.25) is 0 Å². The second-order valence-corrected chi connectivity index (χ2v) is 10.8. The van der Waals surface area contributed by atoms with Gasteiger partial charge in [-0.25, -0.2) is 0 Å². The Morgan fingerprint density at radius 1 is 0.767 bits per heavy atom. The minimum Gasteiger partial charge on any atom is -0.378 e. The van der Waals surface area contributed by atoms with Crippen molar-refractivity contribution in [3.05, 3.63) is 34.9 Å². The molecule has 1 aromatic carbocycles. The zero-order chi connectivity index (χ0) is 20.8. The second-order valence-electron chi connectivity index (χ2n) is 10.8. The summed E-state index contributed by atoms with van der Waals surface area (Å²) in [5.74, 6) is 3.89. The van der Waals surface area contributed by atoms with Gasteiger partial charge in [0.1, 0.15) is 0 Å². The highest BCUT2D eigenvalue weighted by atomic mass is 16.5. The standard InChI is InChI=1S/C29H46O/c1-3-5-7-17-30-29-16-15-27-20-26(13-14-28(27)21-29)25-12-11-23-18-22(8-6-4-2)9-10-24(23)19-25/h9-10,18,25-29H,3-8,11-17,19-21H2,1-2H3/t25?,26?,27-,28?,29-/m1/s1. The number of hydrogen-bond donors (Lipinski definition) is 0. The molecular formula is C29H46O. The van der Waals surface area contributed by atoms with Crippen molar-refractivity contribution >= 4 is 0 Å². The number of aryl methyl sites for hydroxylation is 2. The molecule has 0 radical (unpaired) electrons. The Hall–Kier alpha value is -0.820. The van der Waals surface area contributed by atoms with Crippen molar-refractivity contribution in [1.29, 1.82) is 0 Å². The van der Waals surface area contributed by atoms with Crippen molar-refractivity contribution in [2.45, 2.75) is 116 Å². The van der Waals surface area contributed by atoms with E-state index in [2.05, 4.69) is 32.0 Å². The average Bonchev–Trinajstić information content (AvgIpc) is 2.79. The van der Waals surface area contributed by atoms with E-state index < -0.39 is 0 Å². The maximum atomic E-state index is 6.25. The van der Waals surface area contributed by atoms with Gasteiger partial charge >= 0.3 is 0 Å². The second kappa shape index (κ2) is 11.2. The molecule has 1 heteroatoms. The summed E-state index contributed by atoms with van der Waals surface area (Å²) in [5, 5.41) is 0. The highest BCUT2D eigenvalue weighted by Gasteiger charge is 2.38. The molecule has 3 unspecified atom stereocenters. The minimum atomic E-state index is 0.572. The Morgan fingerprint density at radius 2 is 1.53 bits per heavy atom. The fourth-order valence-corrected chi connectivity index (χ4v) is 6.84. The quantitative estimate of drug-likeness (QED) is 0.376. The number of rotatable bonds is 9. The van der Waals surface area contributed by atoms with Crippen LogP contribution < -0.4 is 0 Å². The van der Waals surface area contributed by atoms with E-state index in [1.54, 1.807) is 16.7 Å². The van der Waals surface area contributed by atoms with Crippen molar-refractivity contribution in [2.75, 3.05) is 6.61 Å². The first-order chi connectivity index (χ1) is 14.8. The molecule has 30 heavy (non-hydrogen) atoms. The molecule has 0 spiro atoms. The van der Waals surface area contributed by atoms with Gasteiger partial charge in [0.05, 0.1) is 6.10 Å². The van der Waals surface area contributed by atoms with Gasteiger partial charge in [-0.15, -0.1) is 0 Å². The molecule has 3 aliphatic rings. The van der Waals surface area contributed by atoms with E-state index in [4.69, 9.17) is 4.74 Å². The van der Waals surface area contributed by atoms with E-state index in [-0.39, 0.29) is 0 Å². The molecule has 0 heterocycles. The monoisotopic (exact) mass is 410 g/mol. The van der Waals surface area contributed by atoms with Crippen LogP contribution in [0.4, 0.5) is 0 Å². The number of ether oxygens (including phenoxy) is 1. The number of benzene rings is 1. The molecular weight excluding hydrogens is 364 g/mol. The summed E-state index contributed by atoms with van der Waals surface area (Å²) in [5.41, 5.74) is 4.93. The topological polar surface area (TPSA) is 9.23 Å². The van der Waals surface area contributed by atoms with Crippen LogP contribution in [0.2, 0.25) is 0 Å². The number of hydrogen-bond acceptors (Lipinski definition) is 1. The van der Waals surface area contributed by atoms with Crippen molar-refractivity contribution in [2.24, 2.45) is 23.7 Å². The first-order valence-electron chi connectivity index (χ1n) is 13.5. The lowest BCUT2D eigenvalue weighted by Crippen LogP contribution is -2.37. The predicted octanol–water partition coefficient (Wildman–Crippen LogP) is 7.93. The zero-order valence-electron chi connectivity index (χ0n) is 19.8. The van der Waals surface area contributed by atoms with Gasteiger partial charge in [-0.2, -0.15) is 0 Å². The third kappa shape index (κ3) is 5.70. The van der Waals surface area contributed by atoms with E-state index in [1.807, 2.05) is 0 Å². The van der Waals surface area contributed by atoms with Crippen LogP contribution in [0.5, 0.6) is 0 Å². The molecule has 168 valence electrons. The van der Waals surface area contributed by atoms with Crippen LogP contribution in [0.3, 0.4) is 0 Å². The van der Waals surface area contributed by atoms with Gasteiger partial charge in [0.15, 0.2) is 0 Å². The van der Waals surface area contributed by atoms with Gasteiger partial charge in [0.25, 0.3) is 0 Å². The average molecular weight is 411 g/mol. The van der Waals surface area contributed by atoms with E-state index >= 15 is 0 Å². The van der Waals surface area contributed by atoms with Gasteiger partial charge in [0.2, 0.25) is 0 Å². The summed E-state index contributed by atoms with van der Waals surface area (Å²) in [7, 11) is 0. The highest BCUT2D eigenvalue weighted by molar-refractivity contribution is 5.34. The molecule has 0 aliphatic heterocycles. The van der Waals surface area contributed by atoms with Crippen LogP contribution >= 0.6 is 0 Å². The Kier molecular flexibility index (Phi) is 8.33. The van der Waals surface area contributed by atoms with E-state index in [1.165, 1.54) is 96.3 Å². The van der Waals surface area contributed by atoms with Crippen molar-refractivity contribution in [3.63, 3.8) is 0 Å². The zero-order valence-corrected chi connectivity index (χ0v) is 19.8. The lowest BCUT2D eigenvalue weighted by molar-refractivity contribution is -0.0249. The highest BCUT2D eigenvalue weighted by Crippen LogP contribution is 2.47. The fourth-order valence-electron chi connectivity index (χ4n) is 6.84. The lowest BCUT2D eigenvalue weighted by Gasteiger charge is -2.45. The minimum absolute atomic E-state index is 0.572. The summed E-state index contributed by atoms with van der Waals surface area (Å²) in [4.78, 5) is 0. The fraction of sp³-hybridized carbons (Fsp3) is 0.793. The first-order valence-corrected chi connectivity index (χ1v) is 13.5. The van der Waals surface area contributed by atoms with E-state index in [0.717, 1.165) is 30.3 Å².